The Balaban J connectivity index is 1.43. The van der Waals surface area contributed by atoms with Gasteiger partial charge in [0.2, 0.25) is 5.91 Å². The summed E-state index contributed by atoms with van der Waals surface area (Å²) in [5, 5.41) is 7.26. The van der Waals surface area contributed by atoms with E-state index in [4.69, 9.17) is 0 Å². The van der Waals surface area contributed by atoms with E-state index in [1.54, 1.807) is 6.20 Å². The third-order valence-corrected chi connectivity index (χ3v) is 3.83. The largest absolute Gasteiger partial charge is 0.352 e. The highest BCUT2D eigenvalue weighted by Crippen LogP contribution is 2.15. The molecule has 0 radical (unpaired) electrons. The standard InChI is InChI=1S/C15H21N5O/c1-12-10-19-11-13(5-6-14(19)17-12)18-15(21)4-2-8-20-9-3-7-16-20/h3,7,9-10,13H,2,4-6,8,11H2,1H3,(H,18,21). The summed E-state index contributed by atoms with van der Waals surface area (Å²) in [5.41, 5.74) is 1.05. The van der Waals surface area contributed by atoms with Crippen molar-refractivity contribution in [1.82, 2.24) is 24.6 Å². The van der Waals surface area contributed by atoms with E-state index < -0.39 is 0 Å². The van der Waals surface area contributed by atoms with Gasteiger partial charge in [0, 0.05) is 50.6 Å². The average molecular weight is 287 g/mol. The minimum Gasteiger partial charge on any atom is -0.352 e. The summed E-state index contributed by atoms with van der Waals surface area (Å²) in [5.74, 6) is 1.27. The van der Waals surface area contributed by atoms with E-state index in [0.29, 0.717) is 6.42 Å². The normalized spacial score (nSPS) is 17.5. The maximum absolute atomic E-state index is 12.0. The first-order chi connectivity index (χ1) is 10.2. The van der Waals surface area contributed by atoms with Crippen LogP contribution in [0.15, 0.2) is 24.7 Å². The summed E-state index contributed by atoms with van der Waals surface area (Å²) in [7, 11) is 0. The van der Waals surface area contributed by atoms with Gasteiger partial charge in [-0.05, 0) is 25.8 Å². The van der Waals surface area contributed by atoms with Crippen LogP contribution in [0.4, 0.5) is 0 Å². The zero-order chi connectivity index (χ0) is 14.7. The minimum atomic E-state index is 0.132. The molecule has 2 aromatic rings. The molecule has 2 aromatic heterocycles. The second-order valence-corrected chi connectivity index (χ2v) is 5.63. The monoisotopic (exact) mass is 287 g/mol. The predicted molar refractivity (Wildman–Crippen MR) is 78.7 cm³/mol. The van der Waals surface area contributed by atoms with Gasteiger partial charge in [0.05, 0.1) is 5.69 Å². The van der Waals surface area contributed by atoms with Crippen molar-refractivity contribution in [2.45, 2.75) is 51.7 Å². The van der Waals surface area contributed by atoms with Gasteiger partial charge in [0.25, 0.3) is 0 Å². The van der Waals surface area contributed by atoms with Crippen LogP contribution in [-0.2, 0) is 24.3 Å². The molecular weight excluding hydrogens is 266 g/mol. The quantitative estimate of drug-likeness (QED) is 0.901. The van der Waals surface area contributed by atoms with Gasteiger partial charge < -0.3 is 9.88 Å². The Kier molecular flexibility index (Phi) is 4.03. The number of carbonyl (C=O) groups is 1. The minimum absolute atomic E-state index is 0.132. The Labute approximate surface area is 124 Å². The molecule has 21 heavy (non-hydrogen) atoms. The Bertz CT molecular complexity index is 602. The van der Waals surface area contributed by atoms with Crippen molar-refractivity contribution >= 4 is 5.91 Å². The highest BCUT2D eigenvalue weighted by molar-refractivity contribution is 5.76. The summed E-state index contributed by atoms with van der Waals surface area (Å²) in [6.45, 7) is 3.63. The molecule has 0 bridgehead atoms. The molecule has 0 fully saturated rings. The lowest BCUT2D eigenvalue weighted by Crippen LogP contribution is -2.40. The number of hydrogen-bond acceptors (Lipinski definition) is 3. The highest BCUT2D eigenvalue weighted by Gasteiger charge is 2.20. The van der Waals surface area contributed by atoms with Crippen LogP contribution in [-0.4, -0.2) is 31.3 Å². The van der Waals surface area contributed by atoms with Crippen LogP contribution in [0.5, 0.6) is 0 Å². The van der Waals surface area contributed by atoms with Crippen LogP contribution in [0.2, 0.25) is 0 Å². The number of carbonyl (C=O) groups excluding carboxylic acids is 1. The Hall–Kier alpha value is -2.11. The molecule has 0 aromatic carbocycles. The Morgan fingerprint density at radius 3 is 3.24 bits per heavy atom. The van der Waals surface area contributed by atoms with Crippen LogP contribution in [0.25, 0.3) is 0 Å². The third-order valence-electron chi connectivity index (χ3n) is 3.83. The smallest absolute Gasteiger partial charge is 0.220 e. The van der Waals surface area contributed by atoms with E-state index in [0.717, 1.165) is 43.9 Å². The Morgan fingerprint density at radius 1 is 1.52 bits per heavy atom. The molecule has 6 nitrogen and oxygen atoms in total. The molecule has 3 heterocycles. The fourth-order valence-corrected chi connectivity index (χ4v) is 2.84. The molecule has 0 saturated heterocycles. The SMILES string of the molecule is Cc1cn2c(n1)CCC(NC(=O)CCCn1cccn1)C2. The van der Waals surface area contributed by atoms with Crippen molar-refractivity contribution in [3.8, 4) is 0 Å². The van der Waals surface area contributed by atoms with Gasteiger partial charge in [0.1, 0.15) is 5.82 Å². The molecule has 0 aliphatic carbocycles. The summed E-state index contributed by atoms with van der Waals surface area (Å²) >= 11 is 0. The van der Waals surface area contributed by atoms with E-state index >= 15 is 0 Å². The number of imidazole rings is 1. The van der Waals surface area contributed by atoms with Gasteiger partial charge in [-0.15, -0.1) is 0 Å². The van der Waals surface area contributed by atoms with Gasteiger partial charge >= 0.3 is 0 Å². The average Bonchev–Trinajstić information content (AvgIpc) is 3.06. The summed E-state index contributed by atoms with van der Waals surface area (Å²) in [6, 6.07) is 2.12. The number of nitrogens with one attached hydrogen (secondary N) is 1. The maximum atomic E-state index is 12.0. The van der Waals surface area contributed by atoms with Crippen LogP contribution in [0.1, 0.15) is 30.8 Å². The van der Waals surface area contributed by atoms with E-state index in [2.05, 4.69) is 26.2 Å². The predicted octanol–water partition coefficient (Wildman–Crippen LogP) is 1.30. The molecule has 1 atom stereocenters. The molecule has 1 aliphatic rings. The van der Waals surface area contributed by atoms with E-state index in [-0.39, 0.29) is 11.9 Å². The number of rotatable bonds is 5. The van der Waals surface area contributed by atoms with E-state index in [1.807, 2.05) is 23.9 Å². The zero-order valence-corrected chi connectivity index (χ0v) is 12.3. The van der Waals surface area contributed by atoms with Crippen LogP contribution < -0.4 is 5.32 Å². The van der Waals surface area contributed by atoms with E-state index in [9.17, 15) is 4.79 Å². The van der Waals surface area contributed by atoms with Gasteiger partial charge in [0.15, 0.2) is 0 Å². The fourth-order valence-electron chi connectivity index (χ4n) is 2.84. The number of amides is 1. The first-order valence-corrected chi connectivity index (χ1v) is 7.50. The van der Waals surface area contributed by atoms with Crippen LogP contribution >= 0.6 is 0 Å². The van der Waals surface area contributed by atoms with Gasteiger partial charge in [-0.25, -0.2) is 4.98 Å². The summed E-state index contributed by atoms with van der Waals surface area (Å²) < 4.78 is 4.02. The molecular formula is C15H21N5O. The highest BCUT2D eigenvalue weighted by atomic mass is 16.1. The second kappa shape index (κ2) is 6.11. The lowest BCUT2D eigenvalue weighted by Gasteiger charge is -2.24. The van der Waals surface area contributed by atoms with Crippen molar-refractivity contribution in [2.24, 2.45) is 0 Å². The lowest BCUT2D eigenvalue weighted by atomic mass is 10.1. The van der Waals surface area contributed by atoms with Crippen molar-refractivity contribution in [3.05, 3.63) is 36.2 Å². The zero-order valence-electron chi connectivity index (χ0n) is 12.3. The summed E-state index contributed by atoms with van der Waals surface area (Å²) in [6.07, 6.45) is 9.01. The number of aromatic nitrogens is 4. The number of fused-ring (bicyclic) bond motifs is 1. The molecule has 0 spiro atoms. The number of nitrogens with zero attached hydrogens (tertiary/aromatic N) is 4. The van der Waals surface area contributed by atoms with Crippen LogP contribution in [0, 0.1) is 6.92 Å². The van der Waals surface area contributed by atoms with E-state index in [1.165, 1.54) is 0 Å². The third kappa shape index (κ3) is 3.51. The molecule has 1 aliphatic heterocycles. The molecule has 1 amide bonds. The molecule has 0 saturated carbocycles. The summed E-state index contributed by atoms with van der Waals surface area (Å²) in [4.78, 5) is 16.5. The van der Waals surface area contributed by atoms with Crippen molar-refractivity contribution in [2.75, 3.05) is 0 Å². The fraction of sp³-hybridized carbons (Fsp3) is 0.533. The van der Waals surface area contributed by atoms with Gasteiger partial charge in [-0.3, -0.25) is 9.48 Å². The number of aryl methyl sites for hydroxylation is 3. The second-order valence-electron chi connectivity index (χ2n) is 5.63. The van der Waals surface area contributed by atoms with Crippen LogP contribution in [0.3, 0.4) is 0 Å². The first-order valence-electron chi connectivity index (χ1n) is 7.50. The molecule has 6 heteroatoms. The van der Waals surface area contributed by atoms with Crippen molar-refractivity contribution in [1.29, 1.82) is 0 Å². The lowest BCUT2D eigenvalue weighted by molar-refractivity contribution is -0.122. The topological polar surface area (TPSA) is 64.7 Å². The van der Waals surface area contributed by atoms with Crippen molar-refractivity contribution < 1.29 is 4.79 Å². The molecule has 112 valence electrons. The van der Waals surface area contributed by atoms with Gasteiger partial charge in [-0.2, -0.15) is 5.10 Å². The molecule has 1 unspecified atom stereocenters. The Morgan fingerprint density at radius 2 is 2.43 bits per heavy atom. The van der Waals surface area contributed by atoms with Gasteiger partial charge in [-0.1, -0.05) is 0 Å². The number of hydrogen-bond donors (Lipinski definition) is 1. The first kappa shape index (κ1) is 13.9. The van der Waals surface area contributed by atoms with Crippen molar-refractivity contribution in [3.63, 3.8) is 0 Å². The maximum Gasteiger partial charge on any atom is 0.220 e. The molecule has 3 rings (SSSR count). The molecule has 1 N–H and O–H groups in total.